The van der Waals surface area contributed by atoms with Gasteiger partial charge in [-0.15, -0.1) is 0 Å². The normalized spacial score (nSPS) is 13.6. The van der Waals surface area contributed by atoms with Gasteiger partial charge in [0, 0.05) is 18.5 Å². The molecule has 0 radical (unpaired) electrons. The van der Waals surface area contributed by atoms with Crippen molar-refractivity contribution < 1.29 is 9.47 Å². The molecule has 0 saturated heterocycles. The first-order chi connectivity index (χ1) is 10.3. The Morgan fingerprint density at radius 3 is 2.81 bits per heavy atom. The topological polar surface area (TPSA) is 30.5 Å². The van der Waals surface area contributed by atoms with Crippen LogP contribution < -0.4 is 14.8 Å². The number of benzene rings is 2. The summed E-state index contributed by atoms with van der Waals surface area (Å²) in [5, 5.41) is 4.06. The van der Waals surface area contributed by atoms with Crippen LogP contribution in [0, 0.1) is 0 Å². The summed E-state index contributed by atoms with van der Waals surface area (Å²) < 4.78 is 12.4. The van der Waals surface area contributed by atoms with E-state index in [9.17, 15) is 0 Å². The van der Waals surface area contributed by atoms with Gasteiger partial charge < -0.3 is 14.8 Å². The highest BCUT2D eigenvalue weighted by atomic mass is 79.9. The molecule has 0 unspecified atom stereocenters. The van der Waals surface area contributed by atoms with Crippen molar-refractivity contribution in [3.8, 4) is 11.5 Å². The Bertz CT molecular complexity index is 648. The maximum atomic E-state index is 6.10. The van der Waals surface area contributed by atoms with E-state index in [4.69, 9.17) is 21.1 Å². The zero-order chi connectivity index (χ0) is 14.7. The van der Waals surface area contributed by atoms with Crippen molar-refractivity contribution in [2.24, 2.45) is 0 Å². The Labute approximate surface area is 137 Å². The standard InChI is InChI=1S/C16H15BrClNO2/c17-15-12(18)5-2-6-13(15)19-10-11-4-1-7-14-16(11)21-9-3-8-20-14/h1-2,4-7,19H,3,8-10H2. The predicted molar refractivity (Wildman–Crippen MR) is 88.5 cm³/mol. The predicted octanol–water partition coefficient (Wildman–Crippen LogP) is 4.88. The minimum absolute atomic E-state index is 0.644. The van der Waals surface area contributed by atoms with E-state index in [2.05, 4.69) is 21.2 Å². The lowest BCUT2D eigenvalue weighted by atomic mass is 10.1. The molecule has 5 heteroatoms. The van der Waals surface area contributed by atoms with Gasteiger partial charge in [-0.1, -0.05) is 29.8 Å². The van der Waals surface area contributed by atoms with Gasteiger partial charge in [0.1, 0.15) is 0 Å². The molecule has 0 atom stereocenters. The fraction of sp³-hybridized carbons (Fsp3) is 0.250. The van der Waals surface area contributed by atoms with E-state index in [0.717, 1.165) is 33.6 Å². The smallest absolute Gasteiger partial charge is 0.166 e. The molecule has 21 heavy (non-hydrogen) atoms. The number of nitrogens with one attached hydrogen (secondary N) is 1. The van der Waals surface area contributed by atoms with Gasteiger partial charge in [0.25, 0.3) is 0 Å². The van der Waals surface area contributed by atoms with E-state index >= 15 is 0 Å². The van der Waals surface area contributed by atoms with Crippen molar-refractivity contribution in [1.29, 1.82) is 0 Å². The van der Waals surface area contributed by atoms with Crippen molar-refractivity contribution in [1.82, 2.24) is 0 Å². The second-order valence-electron chi connectivity index (χ2n) is 4.75. The first-order valence-corrected chi connectivity index (χ1v) is 7.98. The summed E-state index contributed by atoms with van der Waals surface area (Å²) in [5.41, 5.74) is 2.02. The first kappa shape index (κ1) is 14.5. The monoisotopic (exact) mass is 367 g/mol. The maximum Gasteiger partial charge on any atom is 0.166 e. The van der Waals surface area contributed by atoms with Crippen molar-refractivity contribution in [3.05, 3.63) is 51.5 Å². The number of halogens is 2. The van der Waals surface area contributed by atoms with Gasteiger partial charge in [0.05, 0.1) is 28.4 Å². The lowest BCUT2D eigenvalue weighted by Crippen LogP contribution is -2.04. The first-order valence-electron chi connectivity index (χ1n) is 6.81. The summed E-state index contributed by atoms with van der Waals surface area (Å²) in [6, 6.07) is 11.7. The average molecular weight is 369 g/mol. The van der Waals surface area contributed by atoms with Gasteiger partial charge in [-0.05, 0) is 34.1 Å². The molecule has 0 aliphatic carbocycles. The summed E-state index contributed by atoms with van der Waals surface area (Å²) in [4.78, 5) is 0. The van der Waals surface area contributed by atoms with Gasteiger partial charge in [-0.25, -0.2) is 0 Å². The summed E-state index contributed by atoms with van der Waals surface area (Å²) >= 11 is 9.59. The Kier molecular flexibility index (Phi) is 4.56. The highest BCUT2D eigenvalue weighted by molar-refractivity contribution is 9.10. The molecule has 1 aliphatic heterocycles. The maximum absolute atomic E-state index is 6.10. The highest BCUT2D eigenvalue weighted by Gasteiger charge is 2.14. The van der Waals surface area contributed by atoms with Crippen LogP contribution in [0.3, 0.4) is 0 Å². The molecule has 0 bridgehead atoms. The molecule has 1 aliphatic rings. The van der Waals surface area contributed by atoms with Crippen LogP contribution in [-0.2, 0) is 6.54 Å². The van der Waals surface area contributed by atoms with E-state index in [-0.39, 0.29) is 0 Å². The van der Waals surface area contributed by atoms with Gasteiger partial charge in [0.2, 0.25) is 0 Å². The quantitative estimate of drug-likeness (QED) is 0.838. The summed E-state index contributed by atoms with van der Waals surface area (Å²) in [6.07, 6.45) is 0.904. The molecule has 2 aromatic carbocycles. The van der Waals surface area contributed by atoms with E-state index in [0.29, 0.717) is 24.8 Å². The largest absolute Gasteiger partial charge is 0.490 e. The summed E-state index contributed by atoms with van der Waals surface area (Å²) in [5.74, 6) is 1.65. The number of hydrogen-bond donors (Lipinski definition) is 1. The van der Waals surface area contributed by atoms with Crippen LogP contribution in [0.5, 0.6) is 11.5 Å². The SMILES string of the molecule is Clc1cccc(NCc2cccc3c2OCCCO3)c1Br. The lowest BCUT2D eigenvalue weighted by molar-refractivity contribution is 0.296. The molecule has 3 nitrogen and oxygen atoms in total. The van der Waals surface area contributed by atoms with E-state index in [1.807, 2.05) is 36.4 Å². The summed E-state index contributed by atoms with van der Waals surface area (Å²) in [7, 11) is 0. The number of para-hydroxylation sites is 1. The van der Waals surface area contributed by atoms with Crippen molar-refractivity contribution in [3.63, 3.8) is 0 Å². The molecule has 0 amide bonds. The second kappa shape index (κ2) is 6.58. The Hall–Kier alpha value is -1.39. The van der Waals surface area contributed by atoms with Crippen LogP contribution in [0.2, 0.25) is 5.02 Å². The third-order valence-corrected chi connectivity index (χ3v) is 4.67. The third-order valence-electron chi connectivity index (χ3n) is 3.27. The average Bonchev–Trinajstić information content (AvgIpc) is 2.74. The van der Waals surface area contributed by atoms with Crippen molar-refractivity contribution in [2.75, 3.05) is 18.5 Å². The highest BCUT2D eigenvalue weighted by Crippen LogP contribution is 2.35. The molecule has 0 spiro atoms. The van der Waals surface area contributed by atoms with Crippen LogP contribution in [0.25, 0.3) is 0 Å². The molecule has 3 rings (SSSR count). The molecular formula is C16H15BrClNO2. The molecule has 1 N–H and O–H groups in total. The summed E-state index contributed by atoms with van der Waals surface area (Å²) in [6.45, 7) is 2.03. The van der Waals surface area contributed by atoms with Gasteiger partial charge in [-0.3, -0.25) is 0 Å². The molecule has 110 valence electrons. The van der Waals surface area contributed by atoms with E-state index in [1.54, 1.807) is 0 Å². The third kappa shape index (κ3) is 3.27. The molecule has 0 saturated carbocycles. The van der Waals surface area contributed by atoms with E-state index in [1.165, 1.54) is 0 Å². The number of rotatable bonds is 3. The van der Waals surface area contributed by atoms with Crippen molar-refractivity contribution in [2.45, 2.75) is 13.0 Å². The number of ether oxygens (including phenoxy) is 2. The second-order valence-corrected chi connectivity index (χ2v) is 5.95. The van der Waals surface area contributed by atoms with Gasteiger partial charge >= 0.3 is 0 Å². The Morgan fingerprint density at radius 2 is 1.90 bits per heavy atom. The Balaban J connectivity index is 1.81. The fourth-order valence-corrected chi connectivity index (χ4v) is 2.80. The van der Waals surface area contributed by atoms with Gasteiger partial charge in [-0.2, -0.15) is 0 Å². The van der Waals surface area contributed by atoms with Crippen LogP contribution >= 0.6 is 27.5 Å². The molecule has 0 aromatic heterocycles. The van der Waals surface area contributed by atoms with Crippen LogP contribution in [0.15, 0.2) is 40.9 Å². The lowest BCUT2D eigenvalue weighted by Gasteiger charge is -2.14. The minimum Gasteiger partial charge on any atom is -0.490 e. The molecule has 0 fully saturated rings. The molecule has 2 aromatic rings. The van der Waals surface area contributed by atoms with Crippen LogP contribution in [-0.4, -0.2) is 13.2 Å². The van der Waals surface area contributed by atoms with Crippen molar-refractivity contribution >= 4 is 33.2 Å². The van der Waals surface area contributed by atoms with Crippen LogP contribution in [0.1, 0.15) is 12.0 Å². The number of hydrogen-bond acceptors (Lipinski definition) is 3. The minimum atomic E-state index is 0.644. The fourth-order valence-electron chi connectivity index (χ4n) is 2.22. The zero-order valence-electron chi connectivity index (χ0n) is 11.4. The number of anilines is 1. The molecular weight excluding hydrogens is 354 g/mol. The van der Waals surface area contributed by atoms with Gasteiger partial charge in [0.15, 0.2) is 11.5 Å². The number of fused-ring (bicyclic) bond motifs is 1. The Morgan fingerprint density at radius 1 is 1.10 bits per heavy atom. The molecule has 1 heterocycles. The zero-order valence-corrected chi connectivity index (χ0v) is 13.7. The van der Waals surface area contributed by atoms with Crippen LogP contribution in [0.4, 0.5) is 5.69 Å². The van der Waals surface area contributed by atoms with E-state index < -0.39 is 0 Å².